The summed E-state index contributed by atoms with van der Waals surface area (Å²) in [5.74, 6) is -0.760. The lowest BCUT2D eigenvalue weighted by molar-refractivity contribution is -0.142. The summed E-state index contributed by atoms with van der Waals surface area (Å²) in [6.07, 6.45) is 4.96. The van der Waals surface area contributed by atoms with Crippen molar-refractivity contribution in [3.8, 4) is 22.5 Å². The van der Waals surface area contributed by atoms with Gasteiger partial charge in [-0.15, -0.1) is 0 Å². The summed E-state index contributed by atoms with van der Waals surface area (Å²) in [7, 11) is 0. The maximum atomic E-state index is 12.5. The van der Waals surface area contributed by atoms with E-state index in [1.807, 2.05) is 41.3 Å². The van der Waals surface area contributed by atoms with Gasteiger partial charge in [0, 0.05) is 35.4 Å². The number of nitrogens with zero attached hydrogens (tertiary/aromatic N) is 3. The Morgan fingerprint density at radius 1 is 1.16 bits per heavy atom. The highest BCUT2D eigenvalue weighted by molar-refractivity contribution is 5.86. The second-order valence-electron chi connectivity index (χ2n) is 7.80. The van der Waals surface area contributed by atoms with Crippen LogP contribution in [0.4, 0.5) is 0 Å². The first kappa shape index (κ1) is 19.2. The number of fused-ring (bicyclic) bond motifs is 1. The number of aromatic amines is 2. The van der Waals surface area contributed by atoms with Crippen molar-refractivity contribution in [3.05, 3.63) is 70.8 Å². The molecule has 1 aromatic carbocycles. The number of carbonyl (C=O) groups is 1. The van der Waals surface area contributed by atoms with Gasteiger partial charge in [0.1, 0.15) is 6.04 Å². The number of carboxylic acids is 1. The molecular weight excluding hydrogens is 394 g/mol. The monoisotopic (exact) mass is 415 g/mol. The highest BCUT2D eigenvalue weighted by Gasteiger charge is 2.30. The van der Waals surface area contributed by atoms with Crippen LogP contribution in [0.3, 0.4) is 0 Å². The third kappa shape index (κ3) is 3.73. The van der Waals surface area contributed by atoms with Crippen LogP contribution in [-0.4, -0.2) is 48.7 Å². The van der Waals surface area contributed by atoms with Crippen LogP contribution in [-0.2, 0) is 11.3 Å². The fourth-order valence-electron chi connectivity index (χ4n) is 4.23. The molecule has 8 heteroatoms. The first-order valence-corrected chi connectivity index (χ1v) is 10.2. The molecule has 0 radical (unpaired) electrons. The molecule has 1 fully saturated rings. The third-order valence-corrected chi connectivity index (χ3v) is 5.79. The van der Waals surface area contributed by atoms with Crippen molar-refractivity contribution < 1.29 is 9.90 Å². The van der Waals surface area contributed by atoms with E-state index in [9.17, 15) is 14.7 Å². The van der Waals surface area contributed by atoms with Crippen LogP contribution in [0.15, 0.2) is 59.7 Å². The molecule has 4 aromatic rings. The first-order valence-electron chi connectivity index (χ1n) is 10.2. The molecule has 0 aliphatic carbocycles. The van der Waals surface area contributed by atoms with Crippen molar-refractivity contribution in [2.75, 3.05) is 6.54 Å². The maximum absolute atomic E-state index is 12.5. The van der Waals surface area contributed by atoms with E-state index in [1.165, 1.54) is 0 Å². The number of carboxylic acid groups (broad SMARTS) is 1. The minimum absolute atomic E-state index is 0.272. The molecule has 3 aromatic heterocycles. The standard InChI is InChI=1S/C23H21N5O3/c29-22-17(12-19(26-27-22)15-5-7-24-8-6-15)20-11-16-10-14(3-4-18(16)25-20)13-28-9-1-2-21(28)23(30)31/h3-8,10-12,21,25H,1-2,9,13H2,(H,27,29)(H,30,31). The molecule has 1 saturated heterocycles. The largest absolute Gasteiger partial charge is 0.480 e. The van der Waals surface area contributed by atoms with Gasteiger partial charge >= 0.3 is 5.97 Å². The number of aliphatic carboxylic acids is 1. The summed E-state index contributed by atoms with van der Waals surface area (Å²) in [5, 5.41) is 17.1. The minimum Gasteiger partial charge on any atom is -0.480 e. The van der Waals surface area contributed by atoms with Crippen molar-refractivity contribution in [1.29, 1.82) is 0 Å². The number of hydrogen-bond donors (Lipinski definition) is 3. The second kappa shape index (κ2) is 7.81. The van der Waals surface area contributed by atoms with Crippen molar-refractivity contribution in [1.82, 2.24) is 25.1 Å². The summed E-state index contributed by atoms with van der Waals surface area (Å²) in [4.78, 5) is 33.2. The Morgan fingerprint density at radius 2 is 2.00 bits per heavy atom. The number of likely N-dealkylation sites (tertiary alicyclic amines) is 1. The minimum atomic E-state index is -0.760. The van der Waals surface area contributed by atoms with Crippen LogP contribution in [0.25, 0.3) is 33.4 Å². The average molecular weight is 415 g/mol. The zero-order chi connectivity index (χ0) is 21.4. The molecule has 1 aliphatic rings. The van der Waals surface area contributed by atoms with Crippen molar-refractivity contribution in [3.63, 3.8) is 0 Å². The smallest absolute Gasteiger partial charge is 0.320 e. The van der Waals surface area contributed by atoms with Gasteiger partial charge in [0.15, 0.2) is 0 Å². The lowest BCUT2D eigenvalue weighted by Crippen LogP contribution is -2.35. The summed E-state index contributed by atoms with van der Waals surface area (Å²) in [6.45, 7) is 1.38. The average Bonchev–Trinajstić information content (AvgIpc) is 3.41. The first-order chi connectivity index (χ1) is 15.1. The van der Waals surface area contributed by atoms with E-state index in [1.54, 1.807) is 18.5 Å². The number of benzene rings is 1. The predicted molar refractivity (Wildman–Crippen MR) is 116 cm³/mol. The summed E-state index contributed by atoms with van der Waals surface area (Å²) >= 11 is 0. The fourth-order valence-corrected chi connectivity index (χ4v) is 4.23. The van der Waals surface area contributed by atoms with Gasteiger partial charge in [0.25, 0.3) is 5.56 Å². The van der Waals surface area contributed by atoms with E-state index < -0.39 is 12.0 Å². The van der Waals surface area contributed by atoms with Gasteiger partial charge in [-0.3, -0.25) is 19.5 Å². The van der Waals surface area contributed by atoms with Gasteiger partial charge < -0.3 is 10.1 Å². The third-order valence-electron chi connectivity index (χ3n) is 5.79. The van der Waals surface area contributed by atoms with Gasteiger partial charge in [0.05, 0.1) is 17.0 Å². The molecule has 5 rings (SSSR count). The van der Waals surface area contributed by atoms with Crippen molar-refractivity contribution >= 4 is 16.9 Å². The normalized spacial score (nSPS) is 16.7. The maximum Gasteiger partial charge on any atom is 0.320 e. The Hall–Kier alpha value is -3.78. The number of nitrogens with one attached hydrogen (secondary N) is 2. The lowest BCUT2D eigenvalue weighted by Gasteiger charge is -2.20. The molecule has 0 spiro atoms. The van der Waals surface area contributed by atoms with Crippen LogP contribution < -0.4 is 5.56 Å². The molecule has 1 atom stereocenters. The Labute approximate surface area is 177 Å². The van der Waals surface area contributed by atoms with E-state index in [-0.39, 0.29) is 5.56 Å². The summed E-state index contributed by atoms with van der Waals surface area (Å²) < 4.78 is 0. The Bertz CT molecular complexity index is 1310. The van der Waals surface area contributed by atoms with E-state index in [0.717, 1.165) is 35.0 Å². The molecule has 0 bridgehead atoms. The molecule has 156 valence electrons. The number of pyridine rings is 1. The Morgan fingerprint density at radius 3 is 2.81 bits per heavy atom. The highest BCUT2D eigenvalue weighted by Crippen LogP contribution is 2.27. The Balaban J connectivity index is 1.47. The van der Waals surface area contributed by atoms with E-state index in [2.05, 4.69) is 20.2 Å². The van der Waals surface area contributed by atoms with Gasteiger partial charge in [0.2, 0.25) is 0 Å². The molecule has 4 heterocycles. The molecule has 3 N–H and O–H groups in total. The quantitative estimate of drug-likeness (QED) is 0.462. The molecular formula is C23H21N5O3. The molecule has 1 aliphatic heterocycles. The predicted octanol–water partition coefficient (Wildman–Crippen LogP) is 3.03. The number of H-pyrrole nitrogens is 2. The van der Waals surface area contributed by atoms with Crippen LogP contribution in [0.5, 0.6) is 0 Å². The summed E-state index contributed by atoms with van der Waals surface area (Å²) in [5.41, 5.74) is 4.42. The van der Waals surface area contributed by atoms with Gasteiger partial charge in [-0.1, -0.05) is 6.07 Å². The zero-order valence-electron chi connectivity index (χ0n) is 16.7. The number of hydrogen-bond acceptors (Lipinski definition) is 5. The lowest BCUT2D eigenvalue weighted by atomic mass is 10.1. The molecule has 0 saturated carbocycles. The number of rotatable bonds is 5. The van der Waals surface area contributed by atoms with E-state index in [4.69, 9.17) is 0 Å². The van der Waals surface area contributed by atoms with Crippen molar-refractivity contribution in [2.24, 2.45) is 0 Å². The SMILES string of the molecule is O=C(O)C1CCCN1Cc1ccc2[nH]c(-c3cc(-c4ccncc4)n[nH]c3=O)cc2c1. The topological polar surface area (TPSA) is 115 Å². The van der Waals surface area contributed by atoms with Crippen LogP contribution in [0, 0.1) is 0 Å². The fraction of sp³-hybridized carbons (Fsp3) is 0.217. The van der Waals surface area contributed by atoms with Crippen LogP contribution in [0.1, 0.15) is 18.4 Å². The van der Waals surface area contributed by atoms with Crippen LogP contribution in [0.2, 0.25) is 0 Å². The Kier molecular flexibility index (Phi) is 4.83. The summed E-state index contributed by atoms with van der Waals surface area (Å²) in [6, 6.07) is 13.0. The van der Waals surface area contributed by atoms with Gasteiger partial charge in [-0.25, -0.2) is 5.10 Å². The van der Waals surface area contributed by atoms with E-state index >= 15 is 0 Å². The molecule has 8 nitrogen and oxygen atoms in total. The van der Waals surface area contributed by atoms with Gasteiger partial charge in [-0.05, 0) is 61.3 Å². The van der Waals surface area contributed by atoms with Crippen molar-refractivity contribution in [2.45, 2.75) is 25.4 Å². The van der Waals surface area contributed by atoms with Gasteiger partial charge in [-0.2, -0.15) is 5.10 Å². The zero-order valence-corrected chi connectivity index (χ0v) is 16.7. The van der Waals surface area contributed by atoms with Crippen LogP contribution >= 0.6 is 0 Å². The number of aromatic nitrogens is 4. The van der Waals surface area contributed by atoms with E-state index in [0.29, 0.717) is 29.9 Å². The molecule has 0 amide bonds. The highest BCUT2D eigenvalue weighted by atomic mass is 16.4. The second-order valence-corrected chi connectivity index (χ2v) is 7.80. The molecule has 1 unspecified atom stereocenters. The molecule has 31 heavy (non-hydrogen) atoms.